The zero-order valence-electron chi connectivity index (χ0n) is 22.3. The Balaban J connectivity index is 1.49. The minimum absolute atomic E-state index is 0.0723. The van der Waals surface area contributed by atoms with E-state index < -0.39 is 41.3 Å². The second kappa shape index (κ2) is 12.8. The summed E-state index contributed by atoms with van der Waals surface area (Å²) in [6.07, 6.45) is -1.22. The average Bonchev–Trinajstić information content (AvgIpc) is 3.35. The van der Waals surface area contributed by atoms with E-state index in [9.17, 15) is 24.3 Å². The fourth-order valence-electron chi connectivity index (χ4n) is 4.15. The standard InChI is InChI=1S/C23H27N9O7S3/c1-3-31-12(24)5-13(28-22(31)25)40-6-10-7-41-20-16(19(36)32(20)17(10)21(37)38)29-18(35)15(11-8-42-23(26)27-11)30-39-9(2)4-14(33)34/h5,8-9,16,20H,3-4,6-7H2,1-2H3,(H8,24,25,26,27,28,29,33,34,35,37,38)/p+1/b30-15-/t9-,16-,20-/m1/s1. The second-order valence-corrected chi connectivity index (χ2v) is 12.0. The van der Waals surface area contributed by atoms with Gasteiger partial charge < -0.3 is 37.6 Å². The van der Waals surface area contributed by atoms with E-state index in [1.807, 2.05) is 6.92 Å². The van der Waals surface area contributed by atoms with Crippen LogP contribution >= 0.6 is 34.9 Å². The van der Waals surface area contributed by atoms with Gasteiger partial charge in [-0.05, 0) is 19.4 Å². The Morgan fingerprint density at radius 3 is 2.64 bits per heavy atom. The van der Waals surface area contributed by atoms with Gasteiger partial charge in [0.25, 0.3) is 11.8 Å². The second-order valence-electron chi connectivity index (χ2n) is 9.05. The van der Waals surface area contributed by atoms with Crippen LogP contribution < -0.4 is 27.1 Å². The molecule has 0 saturated carbocycles. The first-order chi connectivity index (χ1) is 19.9. The van der Waals surface area contributed by atoms with Crippen molar-refractivity contribution < 1.29 is 38.8 Å². The Morgan fingerprint density at radius 1 is 1.31 bits per heavy atom. The van der Waals surface area contributed by atoms with Crippen molar-refractivity contribution in [2.24, 2.45) is 5.16 Å². The third-order valence-corrected chi connectivity index (χ3v) is 9.11. The van der Waals surface area contributed by atoms with Crippen LogP contribution in [0.2, 0.25) is 0 Å². The molecule has 2 aromatic rings. The van der Waals surface area contributed by atoms with Gasteiger partial charge in [-0.1, -0.05) is 16.9 Å². The summed E-state index contributed by atoms with van der Waals surface area (Å²) in [5.74, 6) is -2.69. The van der Waals surface area contributed by atoms with E-state index in [-0.39, 0.29) is 46.1 Å². The summed E-state index contributed by atoms with van der Waals surface area (Å²) in [4.78, 5) is 64.2. The number of anilines is 3. The van der Waals surface area contributed by atoms with Gasteiger partial charge in [0.15, 0.2) is 21.7 Å². The molecule has 224 valence electrons. The molecule has 1 fully saturated rings. The number of oxime groups is 1. The van der Waals surface area contributed by atoms with Crippen LogP contribution in [0.15, 0.2) is 32.9 Å². The zero-order chi connectivity index (χ0) is 30.7. The van der Waals surface area contributed by atoms with Crippen LogP contribution in [0.25, 0.3) is 0 Å². The lowest BCUT2D eigenvalue weighted by Gasteiger charge is -2.49. The molecule has 0 radical (unpaired) electrons. The molecule has 9 N–H and O–H groups in total. The molecular formula is C23H28N9O7S3+. The number of aliphatic carboxylic acids is 2. The Bertz CT molecular complexity index is 1470. The van der Waals surface area contributed by atoms with Crippen molar-refractivity contribution in [3.63, 3.8) is 0 Å². The highest BCUT2D eigenvalue weighted by molar-refractivity contribution is 8.01. The number of rotatable bonds is 12. The smallest absolute Gasteiger partial charge is 0.352 e. The number of thiazole rings is 1. The fraction of sp³-hybridized carbons (Fsp3) is 0.391. The molecule has 0 aliphatic carbocycles. The average molecular weight is 639 g/mol. The number of carboxylic acid groups (broad SMARTS) is 2. The summed E-state index contributed by atoms with van der Waals surface area (Å²) in [5, 5.41) is 26.7. The number of amides is 2. The van der Waals surface area contributed by atoms with E-state index in [2.05, 4.69) is 20.4 Å². The van der Waals surface area contributed by atoms with E-state index in [4.69, 9.17) is 27.1 Å². The summed E-state index contributed by atoms with van der Waals surface area (Å²) in [6.45, 7) is 3.88. The molecule has 0 bridgehead atoms. The van der Waals surface area contributed by atoms with Crippen LogP contribution in [-0.4, -0.2) is 83.6 Å². The Kier molecular flexibility index (Phi) is 9.42. The van der Waals surface area contributed by atoms with Crippen molar-refractivity contribution in [1.29, 1.82) is 0 Å². The molecule has 19 heteroatoms. The van der Waals surface area contributed by atoms with Crippen molar-refractivity contribution in [1.82, 2.24) is 20.2 Å². The number of hydrogen-bond donors (Lipinski definition) is 6. The number of nitrogens with zero attached hydrogens (tertiary/aromatic N) is 5. The van der Waals surface area contributed by atoms with E-state index in [1.165, 1.54) is 35.8 Å². The van der Waals surface area contributed by atoms with Crippen molar-refractivity contribution in [2.75, 3.05) is 28.7 Å². The minimum Gasteiger partial charge on any atom is -0.481 e. The Hall–Kier alpha value is -4.10. The monoisotopic (exact) mass is 638 g/mol. The largest absolute Gasteiger partial charge is 0.481 e. The zero-order valence-corrected chi connectivity index (χ0v) is 24.8. The molecule has 2 amide bonds. The van der Waals surface area contributed by atoms with Gasteiger partial charge in [-0.15, -0.1) is 28.1 Å². The third kappa shape index (κ3) is 6.52. The summed E-state index contributed by atoms with van der Waals surface area (Å²) in [5.41, 5.74) is 17.8. The highest BCUT2D eigenvalue weighted by atomic mass is 32.2. The van der Waals surface area contributed by atoms with Crippen LogP contribution in [-0.2, 0) is 30.6 Å². The van der Waals surface area contributed by atoms with Gasteiger partial charge in [-0.3, -0.25) is 19.3 Å². The number of thioether (sulfide) groups is 2. The third-order valence-electron chi connectivity index (χ3n) is 6.10. The van der Waals surface area contributed by atoms with Crippen LogP contribution in [0, 0.1) is 0 Å². The number of nitrogens with two attached hydrogens (primary N) is 3. The van der Waals surface area contributed by atoms with Gasteiger partial charge in [0, 0.05) is 23.0 Å². The lowest BCUT2D eigenvalue weighted by atomic mass is 10.0. The predicted octanol–water partition coefficient (Wildman–Crippen LogP) is -0.293. The first-order valence-electron chi connectivity index (χ1n) is 12.4. The Morgan fingerprint density at radius 2 is 2.05 bits per heavy atom. The minimum atomic E-state index is -1.28. The summed E-state index contributed by atoms with van der Waals surface area (Å²) in [7, 11) is 0. The van der Waals surface area contributed by atoms with E-state index in [1.54, 1.807) is 10.6 Å². The number of carbonyl (C=O) groups excluding carboxylic acids is 2. The van der Waals surface area contributed by atoms with Crippen LogP contribution in [0.3, 0.4) is 0 Å². The Labute approximate surface area is 251 Å². The summed E-state index contributed by atoms with van der Waals surface area (Å²) in [6, 6.07) is 0.592. The number of nitrogen functional groups attached to an aromatic ring is 3. The first kappa shape index (κ1) is 30.8. The quantitative estimate of drug-likeness (QED) is 0.0436. The van der Waals surface area contributed by atoms with Gasteiger partial charge in [-0.2, -0.15) is 0 Å². The summed E-state index contributed by atoms with van der Waals surface area (Å²) >= 11 is 3.58. The lowest BCUT2D eigenvalue weighted by molar-refractivity contribution is -0.667. The van der Waals surface area contributed by atoms with Crippen molar-refractivity contribution in [3.8, 4) is 0 Å². The van der Waals surface area contributed by atoms with Crippen molar-refractivity contribution >= 4 is 81.2 Å². The number of fused-ring (bicyclic) bond motifs is 1. The van der Waals surface area contributed by atoms with Crippen LogP contribution in [0.1, 0.15) is 26.0 Å². The maximum atomic E-state index is 13.2. The predicted molar refractivity (Wildman–Crippen MR) is 155 cm³/mol. The number of carbonyl (C=O) groups is 4. The van der Waals surface area contributed by atoms with Crippen LogP contribution in [0.4, 0.5) is 16.9 Å². The van der Waals surface area contributed by atoms with Gasteiger partial charge >= 0.3 is 17.9 Å². The molecule has 0 aromatic carbocycles. The molecule has 3 atom stereocenters. The van der Waals surface area contributed by atoms with Crippen LogP contribution in [0.5, 0.6) is 0 Å². The fourth-order valence-corrected chi connectivity index (χ4v) is 7.10. The molecule has 4 rings (SSSR count). The van der Waals surface area contributed by atoms with Crippen molar-refractivity contribution in [3.05, 3.63) is 28.4 Å². The first-order valence-corrected chi connectivity index (χ1v) is 15.3. The highest BCUT2D eigenvalue weighted by Crippen LogP contribution is 2.41. The van der Waals surface area contributed by atoms with Crippen molar-refractivity contribution in [2.45, 2.75) is 49.4 Å². The number of hydrogen-bond acceptors (Lipinski definition) is 14. The molecule has 42 heavy (non-hydrogen) atoms. The van der Waals surface area contributed by atoms with E-state index >= 15 is 0 Å². The van der Waals surface area contributed by atoms with Gasteiger partial charge in [0.1, 0.15) is 28.9 Å². The molecule has 0 unspecified atom stereocenters. The maximum Gasteiger partial charge on any atom is 0.352 e. The van der Waals surface area contributed by atoms with Gasteiger partial charge in [-0.25, -0.2) is 14.3 Å². The molecule has 16 nitrogen and oxygen atoms in total. The molecule has 4 heterocycles. The normalized spacial score (nSPS) is 19.1. The molecule has 0 spiro atoms. The molecule has 2 aromatic heterocycles. The molecule has 1 saturated heterocycles. The van der Waals surface area contributed by atoms with Gasteiger partial charge in [0.05, 0.1) is 13.0 Å². The van der Waals surface area contributed by atoms with Gasteiger partial charge in [0.2, 0.25) is 0 Å². The molecular weight excluding hydrogens is 611 g/mol. The molecule has 2 aliphatic heterocycles. The lowest BCUT2D eigenvalue weighted by Crippen LogP contribution is -2.71. The summed E-state index contributed by atoms with van der Waals surface area (Å²) < 4.78 is 1.63. The number of carboxylic acids is 2. The number of aromatic nitrogens is 3. The SMILES string of the molecule is CC[n+]1c(N)cc(SCC2=C(C(=O)O)N3C(=O)[C@@H](NC(=O)/C(=N\O[C@H](C)CC(=O)O)c4csc(N)n4)[C@H]3SC2)nc1N. The number of nitrogens with one attached hydrogen (secondary N) is 1. The topological polar surface area (TPSA) is 253 Å². The number of β-lactam (4-membered cyclic amide) rings is 1. The highest BCUT2D eigenvalue weighted by Gasteiger charge is 2.54. The molecule has 2 aliphatic rings. The van der Waals surface area contributed by atoms with E-state index in [0.717, 1.165) is 16.2 Å². The van der Waals surface area contributed by atoms with E-state index in [0.29, 0.717) is 23.0 Å². The maximum absolute atomic E-state index is 13.2.